The fourth-order valence-corrected chi connectivity index (χ4v) is 1.92. The quantitative estimate of drug-likeness (QED) is 0.554. The van der Waals surface area contributed by atoms with Gasteiger partial charge in [0.2, 0.25) is 0 Å². The zero-order chi connectivity index (χ0) is 8.81. The number of rotatable bonds is 3. The fourth-order valence-electron chi connectivity index (χ4n) is 1.12. The second-order valence-corrected chi connectivity index (χ2v) is 4.39. The Labute approximate surface area is 83.4 Å². The molecule has 1 heterocycles. The van der Waals surface area contributed by atoms with E-state index in [1.807, 2.05) is 6.08 Å². The zero-order valence-electron chi connectivity index (χ0n) is 7.08. The van der Waals surface area contributed by atoms with Crippen molar-refractivity contribution in [3.05, 3.63) is 12.7 Å². The molecule has 1 N–H and O–H groups in total. The van der Waals surface area contributed by atoms with Crippen LogP contribution in [0.5, 0.6) is 0 Å². The first-order chi connectivity index (χ1) is 5.83. The van der Waals surface area contributed by atoms with Crippen LogP contribution in [-0.4, -0.2) is 28.2 Å². The van der Waals surface area contributed by atoms with Gasteiger partial charge < -0.3 is 5.43 Å². The van der Waals surface area contributed by atoms with Crippen LogP contribution >= 0.6 is 24.0 Å². The summed E-state index contributed by atoms with van der Waals surface area (Å²) in [6, 6.07) is 0. The number of thioether (sulfide) groups is 1. The molecule has 0 aromatic rings. The van der Waals surface area contributed by atoms with Crippen molar-refractivity contribution in [2.75, 3.05) is 18.8 Å². The normalized spacial score (nSPS) is 17.7. The Hall–Kier alpha value is -0.0600. The second kappa shape index (κ2) is 5.56. The first-order valence-electron chi connectivity index (χ1n) is 4.12. The van der Waals surface area contributed by atoms with Gasteiger partial charge in [-0.25, -0.2) is 5.01 Å². The van der Waals surface area contributed by atoms with E-state index in [2.05, 4.69) is 17.0 Å². The third-order valence-electron chi connectivity index (χ3n) is 1.69. The highest BCUT2D eigenvalue weighted by Crippen LogP contribution is 2.07. The van der Waals surface area contributed by atoms with Gasteiger partial charge in [0, 0.05) is 18.8 Å². The summed E-state index contributed by atoms with van der Waals surface area (Å²) in [4.78, 5) is 0. The standard InChI is InChI=1S/C8H14N2S2/c1-2-7-12-8(11)9-10-5-3-4-6-10/h2H,1,3-7H2,(H,9,11). The van der Waals surface area contributed by atoms with E-state index in [4.69, 9.17) is 12.2 Å². The Morgan fingerprint density at radius 1 is 1.58 bits per heavy atom. The third-order valence-corrected chi connectivity index (χ3v) is 2.89. The van der Waals surface area contributed by atoms with Crippen LogP contribution in [0.4, 0.5) is 0 Å². The Balaban J connectivity index is 2.11. The zero-order valence-corrected chi connectivity index (χ0v) is 8.72. The molecule has 0 aliphatic carbocycles. The molecular formula is C8H14N2S2. The number of nitrogens with zero attached hydrogens (tertiary/aromatic N) is 1. The van der Waals surface area contributed by atoms with E-state index < -0.39 is 0 Å². The van der Waals surface area contributed by atoms with Crippen molar-refractivity contribution < 1.29 is 0 Å². The van der Waals surface area contributed by atoms with Gasteiger partial charge in [0.25, 0.3) is 0 Å². The van der Waals surface area contributed by atoms with Crippen molar-refractivity contribution in [3.63, 3.8) is 0 Å². The summed E-state index contributed by atoms with van der Waals surface area (Å²) in [7, 11) is 0. The van der Waals surface area contributed by atoms with Crippen molar-refractivity contribution in [3.8, 4) is 0 Å². The van der Waals surface area contributed by atoms with Gasteiger partial charge >= 0.3 is 0 Å². The first-order valence-corrected chi connectivity index (χ1v) is 5.51. The van der Waals surface area contributed by atoms with Crippen molar-refractivity contribution in [1.82, 2.24) is 10.4 Å². The van der Waals surface area contributed by atoms with Gasteiger partial charge in [-0.3, -0.25) is 0 Å². The molecule has 0 spiro atoms. The number of nitrogens with one attached hydrogen (secondary N) is 1. The minimum atomic E-state index is 0.858. The summed E-state index contributed by atoms with van der Waals surface area (Å²) < 4.78 is 0.858. The summed E-state index contributed by atoms with van der Waals surface area (Å²) in [6.07, 6.45) is 4.42. The molecule has 68 valence electrons. The lowest BCUT2D eigenvalue weighted by Crippen LogP contribution is -2.37. The largest absolute Gasteiger partial charge is 0.304 e. The van der Waals surface area contributed by atoms with Gasteiger partial charge in [-0.2, -0.15) is 0 Å². The number of thiocarbonyl (C=S) groups is 1. The lowest BCUT2D eigenvalue weighted by atomic mass is 10.4. The predicted octanol–water partition coefficient (Wildman–Crippen LogP) is 1.79. The van der Waals surface area contributed by atoms with Gasteiger partial charge in [0.1, 0.15) is 4.32 Å². The van der Waals surface area contributed by atoms with E-state index >= 15 is 0 Å². The van der Waals surface area contributed by atoms with Crippen LogP contribution in [0, 0.1) is 0 Å². The van der Waals surface area contributed by atoms with Crippen molar-refractivity contribution >= 4 is 28.3 Å². The predicted molar refractivity (Wildman–Crippen MR) is 59.2 cm³/mol. The maximum Gasteiger partial charge on any atom is 0.148 e. The molecule has 0 amide bonds. The fraction of sp³-hybridized carbons (Fsp3) is 0.625. The minimum absolute atomic E-state index is 0.858. The topological polar surface area (TPSA) is 15.3 Å². The second-order valence-electron chi connectivity index (χ2n) is 2.69. The monoisotopic (exact) mass is 202 g/mol. The molecule has 0 aromatic carbocycles. The third kappa shape index (κ3) is 3.56. The molecule has 1 aliphatic rings. The summed E-state index contributed by atoms with van der Waals surface area (Å²) >= 11 is 6.74. The number of hydrogen-bond donors (Lipinski definition) is 1. The van der Waals surface area contributed by atoms with Crippen LogP contribution in [-0.2, 0) is 0 Å². The SMILES string of the molecule is C=CCSC(=S)NN1CCCC1. The molecular weight excluding hydrogens is 188 g/mol. The smallest absolute Gasteiger partial charge is 0.148 e. The van der Waals surface area contributed by atoms with Crippen molar-refractivity contribution in [2.45, 2.75) is 12.8 Å². The van der Waals surface area contributed by atoms with E-state index in [0.717, 1.165) is 23.2 Å². The van der Waals surface area contributed by atoms with Gasteiger partial charge in [-0.15, -0.1) is 6.58 Å². The lowest BCUT2D eigenvalue weighted by molar-refractivity contribution is 0.300. The summed E-state index contributed by atoms with van der Waals surface area (Å²) in [5.41, 5.74) is 3.19. The Morgan fingerprint density at radius 2 is 2.25 bits per heavy atom. The van der Waals surface area contributed by atoms with E-state index in [9.17, 15) is 0 Å². The lowest BCUT2D eigenvalue weighted by Gasteiger charge is -2.17. The molecule has 0 aromatic heterocycles. The van der Waals surface area contributed by atoms with Gasteiger partial charge in [0.15, 0.2) is 0 Å². The average Bonchev–Trinajstić information content (AvgIpc) is 2.53. The number of hydrogen-bond acceptors (Lipinski definition) is 3. The van der Waals surface area contributed by atoms with Crippen molar-refractivity contribution in [1.29, 1.82) is 0 Å². The molecule has 0 atom stereocenters. The van der Waals surface area contributed by atoms with Crippen LogP contribution < -0.4 is 5.43 Å². The van der Waals surface area contributed by atoms with Gasteiger partial charge in [-0.05, 0) is 12.8 Å². The molecule has 2 nitrogen and oxygen atoms in total. The van der Waals surface area contributed by atoms with E-state index in [0.29, 0.717) is 0 Å². The Morgan fingerprint density at radius 3 is 2.83 bits per heavy atom. The Kier molecular flexibility index (Phi) is 4.65. The molecule has 0 bridgehead atoms. The minimum Gasteiger partial charge on any atom is -0.304 e. The van der Waals surface area contributed by atoms with Crippen molar-refractivity contribution in [2.24, 2.45) is 0 Å². The summed E-state index contributed by atoms with van der Waals surface area (Å²) in [5, 5.41) is 2.18. The first kappa shape index (κ1) is 10.0. The number of hydrazine groups is 1. The van der Waals surface area contributed by atoms with E-state index in [1.165, 1.54) is 12.8 Å². The molecule has 0 unspecified atom stereocenters. The molecule has 12 heavy (non-hydrogen) atoms. The molecule has 1 aliphatic heterocycles. The van der Waals surface area contributed by atoms with Crippen LogP contribution in [0.2, 0.25) is 0 Å². The highest BCUT2D eigenvalue weighted by molar-refractivity contribution is 8.23. The molecule has 1 fully saturated rings. The van der Waals surface area contributed by atoms with Crippen LogP contribution in [0.15, 0.2) is 12.7 Å². The molecule has 4 heteroatoms. The maximum absolute atomic E-state index is 5.12. The maximum atomic E-state index is 5.12. The Bertz CT molecular complexity index is 164. The molecule has 1 saturated heterocycles. The average molecular weight is 202 g/mol. The molecule has 1 rings (SSSR count). The van der Waals surface area contributed by atoms with E-state index in [1.54, 1.807) is 11.8 Å². The van der Waals surface area contributed by atoms with Crippen LogP contribution in [0.25, 0.3) is 0 Å². The highest BCUT2D eigenvalue weighted by Gasteiger charge is 2.11. The molecule has 0 saturated carbocycles. The summed E-state index contributed by atoms with van der Waals surface area (Å²) in [6.45, 7) is 5.88. The van der Waals surface area contributed by atoms with Gasteiger partial charge in [-0.1, -0.05) is 30.1 Å². The van der Waals surface area contributed by atoms with Crippen LogP contribution in [0.3, 0.4) is 0 Å². The van der Waals surface area contributed by atoms with Gasteiger partial charge in [0.05, 0.1) is 0 Å². The van der Waals surface area contributed by atoms with E-state index in [-0.39, 0.29) is 0 Å². The molecule has 0 radical (unpaired) electrons. The van der Waals surface area contributed by atoms with Crippen LogP contribution in [0.1, 0.15) is 12.8 Å². The highest BCUT2D eigenvalue weighted by atomic mass is 32.2. The summed E-state index contributed by atoms with van der Waals surface area (Å²) in [5.74, 6) is 0.889.